The van der Waals surface area contributed by atoms with Gasteiger partial charge in [-0.15, -0.1) is 0 Å². The smallest absolute Gasteiger partial charge is 0.246 e. The topological polar surface area (TPSA) is 72.4 Å². The molecule has 0 bridgehead atoms. The highest BCUT2D eigenvalue weighted by Crippen LogP contribution is 2.49. The number of hydrogen-bond acceptors (Lipinski definition) is 4. The van der Waals surface area contributed by atoms with Crippen LogP contribution in [0.5, 0.6) is 0 Å². The number of benzene rings is 1. The summed E-state index contributed by atoms with van der Waals surface area (Å²) in [5.41, 5.74) is 2.04. The van der Waals surface area contributed by atoms with Gasteiger partial charge in [0.25, 0.3) is 0 Å². The molecule has 0 atom stereocenters. The summed E-state index contributed by atoms with van der Waals surface area (Å²) in [6.07, 6.45) is 3.09. The molecule has 2 aromatic rings. The van der Waals surface area contributed by atoms with Crippen LogP contribution in [-0.2, 0) is 10.2 Å². The number of amides is 1. The standard InChI is InChI=1S/C12H13N3O2/c1-15(13)11(16)12(4-5-12)8-2-3-9-10(6-8)17-7-14-9/h2-3,6-7H,4-5,13H2,1H3. The van der Waals surface area contributed by atoms with E-state index in [2.05, 4.69) is 4.98 Å². The highest BCUT2D eigenvalue weighted by molar-refractivity contribution is 5.91. The van der Waals surface area contributed by atoms with Crippen LogP contribution in [-0.4, -0.2) is 22.9 Å². The maximum atomic E-state index is 12.1. The van der Waals surface area contributed by atoms with Crippen LogP contribution in [0.2, 0.25) is 0 Å². The van der Waals surface area contributed by atoms with Crippen LogP contribution < -0.4 is 5.84 Å². The average molecular weight is 231 g/mol. The van der Waals surface area contributed by atoms with E-state index in [1.807, 2.05) is 18.2 Å². The van der Waals surface area contributed by atoms with Crippen molar-refractivity contribution in [2.75, 3.05) is 7.05 Å². The maximum absolute atomic E-state index is 12.1. The minimum Gasteiger partial charge on any atom is -0.443 e. The molecule has 1 aliphatic carbocycles. The zero-order chi connectivity index (χ0) is 12.0. The number of hydrazine groups is 1. The van der Waals surface area contributed by atoms with E-state index in [0.717, 1.165) is 28.9 Å². The Bertz CT molecular complexity index is 584. The predicted octanol–water partition coefficient (Wildman–Crippen LogP) is 1.19. The first-order chi connectivity index (χ1) is 8.13. The molecule has 5 nitrogen and oxygen atoms in total. The Balaban J connectivity index is 2.06. The van der Waals surface area contributed by atoms with Gasteiger partial charge >= 0.3 is 0 Å². The Hall–Kier alpha value is -1.88. The van der Waals surface area contributed by atoms with Crippen molar-refractivity contribution in [2.45, 2.75) is 18.3 Å². The first-order valence-corrected chi connectivity index (χ1v) is 5.50. The number of nitrogens with two attached hydrogens (primary N) is 1. The third-order valence-electron chi connectivity index (χ3n) is 3.36. The maximum Gasteiger partial charge on any atom is 0.246 e. The van der Waals surface area contributed by atoms with Crippen molar-refractivity contribution in [1.29, 1.82) is 0 Å². The third kappa shape index (κ3) is 1.43. The van der Waals surface area contributed by atoms with E-state index in [1.165, 1.54) is 6.39 Å². The fourth-order valence-electron chi connectivity index (χ4n) is 2.24. The van der Waals surface area contributed by atoms with Crippen molar-refractivity contribution in [3.63, 3.8) is 0 Å². The Labute approximate surface area is 98.2 Å². The molecule has 0 saturated heterocycles. The first-order valence-electron chi connectivity index (χ1n) is 5.50. The average Bonchev–Trinajstić information content (AvgIpc) is 2.99. The van der Waals surface area contributed by atoms with Crippen LogP contribution in [0, 0.1) is 0 Å². The molecule has 1 aliphatic rings. The molecule has 1 fully saturated rings. The zero-order valence-electron chi connectivity index (χ0n) is 9.51. The second-order valence-electron chi connectivity index (χ2n) is 4.53. The second kappa shape index (κ2) is 3.30. The van der Waals surface area contributed by atoms with Gasteiger partial charge in [-0.2, -0.15) is 0 Å². The molecular formula is C12H13N3O2. The molecule has 1 saturated carbocycles. The van der Waals surface area contributed by atoms with Crippen molar-refractivity contribution in [1.82, 2.24) is 9.99 Å². The van der Waals surface area contributed by atoms with Crippen LogP contribution in [0.15, 0.2) is 29.0 Å². The van der Waals surface area contributed by atoms with Gasteiger partial charge in [-0.05, 0) is 30.5 Å². The lowest BCUT2D eigenvalue weighted by Gasteiger charge is -2.19. The third-order valence-corrected chi connectivity index (χ3v) is 3.36. The molecule has 0 aliphatic heterocycles. The lowest BCUT2D eigenvalue weighted by Crippen LogP contribution is -2.41. The summed E-state index contributed by atoms with van der Waals surface area (Å²) in [6, 6.07) is 5.69. The van der Waals surface area contributed by atoms with Gasteiger partial charge in [-0.25, -0.2) is 10.8 Å². The van der Waals surface area contributed by atoms with Gasteiger partial charge in [-0.1, -0.05) is 6.07 Å². The summed E-state index contributed by atoms with van der Waals surface area (Å²) >= 11 is 0. The second-order valence-corrected chi connectivity index (χ2v) is 4.53. The molecule has 1 aromatic heterocycles. The molecule has 5 heteroatoms. The van der Waals surface area contributed by atoms with E-state index in [9.17, 15) is 4.79 Å². The molecule has 0 radical (unpaired) electrons. The Morgan fingerprint density at radius 1 is 1.53 bits per heavy atom. The van der Waals surface area contributed by atoms with Gasteiger partial charge in [0.15, 0.2) is 12.0 Å². The molecular weight excluding hydrogens is 218 g/mol. The van der Waals surface area contributed by atoms with Crippen LogP contribution in [0.4, 0.5) is 0 Å². The van der Waals surface area contributed by atoms with Crippen molar-refractivity contribution in [3.8, 4) is 0 Å². The fourth-order valence-corrected chi connectivity index (χ4v) is 2.24. The van der Waals surface area contributed by atoms with Crippen LogP contribution in [0.25, 0.3) is 11.1 Å². The molecule has 0 unspecified atom stereocenters. The highest BCUT2D eigenvalue weighted by atomic mass is 16.3. The quantitative estimate of drug-likeness (QED) is 0.478. The van der Waals surface area contributed by atoms with Crippen LogP contribution in [0.3, 0.4) is 0 Å². The molecule has 17 heavy (non-hydrogen) atoms. The zero-order valence-corrected chi connectivity index (χ0v) is 9.51. The Morgan fingerprint density at radius 2 is 2.29 bits per heavy atom. The molecule has 1 aromatic carbocycles. The van der Waals surface area contributed by atoms with E-state index in [4.69, 9.17) is 10.3 Å². The summed E-state index contributed by atoms with van der Waals surface area (Å²) in [6.45, 7) is 0. The number of carbonyl (C=O) groups is 1. The normalized spacial score (nSPS) is 17.1. The van der Waals surface area contributed by atoms with Crippen molar-refractivity contribution in [2.24, 2.45) is 5.84 Å². The summed E-state index contributed by atoms with van der Waals surface area (Å²) in [5.74, 6) is 5.50. The van der Waals surface area contributed by atoms with Gasteiger partial charge in [-0.3, -0.25) is 9.80 Å². The Kier molecular flexibility index (Phi) is 2.00. The van der Waals surface area contributed by atoms with E-state index in [-0.39, 0.29) is 5.91 Å². The molecule has 2 N–H and O–H groups in total. The molecule has 0 spiro atoms. The van der Waals surface area contributed by atoms with E-state index < -0.39 is 5.41 Å². The summed E-state index contributed by atoms with van der Waals surface area (Å²) < 4.78 is 5.25. The fraction of sp³-hybridized carbons (Fsp3) is 0.333. The van der Waals surface area contributed by atoms with Crippen LogP contribution >= 0.6 is 0 Å². The SMILES string of the molecule is CN(N)C(=O)C1(c2ccc3ncoc3c2)CC1. The highest BCUT2D eigenvalue weighted by Gasteiger charge is 2.52. The van der Waals surface area contributed by atoms with Crippen molar-refractivity contribution in [3.05, 3.63) is 30.2 Å². The van der Waals surface area contributed by atoms with Crippen LogP contribution in [0.1, 0.15) is 18.4 Å². The van der Waals surface area contributed by atoms with Gasteiger partial charge in [0.1, 0.15) is 5.52 Å². The molecule has 1 amide bonds. The number of oxazole rings is 1. The molecule has 88 valence electrons. The van der Waals surface area contributed by atoms with E-state index >= 15 is 0 Å². The minimum atomic E-state index is -0.440. The largest absolute Gasteiger partial charge is 0.443 e. The number of likely N-dealkylation sites (N-methyl/N-ethyl adjacent to an activating group) is 1. The van der Waals surface area contributed by atoms with Crippen molar-refractivity contribution >= 4 is 17.0 Å². The minimum absolute atomic E-state index is 0.0450. The van der Waals surface area contributed by atoms with Gasteiger partial charge in [0.05, 0.1) is 5.41 Å². The van der Waals surface area contributed by atoms with Gasteiger partial charge < -0.3 is 4.42 Å². The predicted molar refractivity (Wildman–Crippen MR) is 61.9 cm³/mol. The summed E-state index contributed by atoms with van der Waals surface area (Å²) in [4.78, 5) is 16.1. The van der Waals surface area contributed by atoms with Gasteiger partial charge in [0, 0.05) is 7.05 Å². The lowest BCUT2D eigenvalue weighted by molar-refractivity contribution is -0.132. The summed E-state index contributed by atoms with van der Waals surface area (Å²) in [7, 11) is 1.58. The first kappa shape index (κ1) is 10.3. The van der Waals surface area contributed by atoms with Gasteiger partial charge in [0.2, 0.25) is 5.91 Å². The molecule has 1 heterocycles. The number of nitrogens with zero attached hydrogens (tertiary/aromatic N) is 2. The number of aromatic nitrogens is 1. The van der Waals surface area contributed by atoms with Crippen molar-refractivity contribution < 1.29 is 9.21 Å². The lowest BCUT2D eigenvalue weighted by atomic mass is 9.94. The van der Waals surface area contributed by atoms with E-state index in [0.29, 0.717) is 5.58 Å². The number of hydrogen-bond donors (Lipinski definition) is 1. The molecule has 3 rings (SSSR count). The number of rotatable bonds is 2. The monoisotopic (exact) mass is 231 g/mol. The van der Waals surface area contributed by atoms with E-state index in [1.54, 1.807) is 7.05 Å². The number of carbonyl (C=O) groups excluding carboxylic acids is 1. The Morgan fingerprint density at radius 3 is 2.94 bits per heavy atom. The summed E-state index contributed by atoms with van der Waals surface area (Å²) in [5, 5.41) is 1.16. The number of fused-ring (bicyclic) bond motifs is 1.